The first-order chi connectivity index (χ1) is 8.63. The Balaban J connectivity index is 2.07. The molecule has 1 aliphatic rings. The molecular formula is C10H13N3O4S. The van der Waals surface area contributed by atoms with E-state index in [2.05, 4.69) is 14.3 Å². The van der Waals surface area contributed by atoms with Gasteiger partial charge in [0, 0.05) is 6.54 Å². The van der Waals surface area contributed by atoms with Gasteiger partial charge in [0.1, 0.15) is 4.88 Å². The molecule has 2 rings (SSSR count). The van der Waals surface area contributed by atoms with Gasteiger partial charge < -0.3 is 14.4 Å². The molecule has 2 heterocycles. The van der Waals surface area contributed by atoms with Gasteiger partial charge in [0.25, 0.3) is 5.91 Å². The maximum Gasteiger partial charge on any atom is 0.336 e. The first-order valence-electron chi connectivity index (χ1n) is 5.41. The summed E-state index contributed by atoms with van der Waals surface area (Å²) in [6, 6.07) is 0. The van der Waals surface area contributed by atoms with Crippen LogP contribution in [0.3, 0.4) is 0 Å². The second-order valence-corrected chi connectivity index (χ2v) is 4.58. The molecule has 0 spiro atoms. The molecule has 1 saturated heterocycles. The number of aromatic nitrogens is 2. The van der Waals surface area contributed by atoms with Gasteiger partial charge in [0.15, 0.2) is 6.10 Å². The van der Waals surface area contributed by atoms with Crippen molar-refractivity contribution >= 4 is 23.4 Å². The predicted octanol–water partition coefficient (Wildman–Crippen LogP) is -0.139. The topological polar surface area (TPSA) is 81.6 Å². The SMILES string of the molecule is COC(=O)C1CN(C(=O)c2snnc2C)CCO1. The Morgan fingerprint density at radius 3 is 2.94 bits per heavy atom. The van der Waals surface area contributed by atoms with Crippen molar-refractivity contribution in [1.29, 1.82) is 0 Å². The largest absolute Gasteiger partial charge is 0.467 e. The van der Waals surface area contributed by atoms with E-state index in [-0.39, 0.29) is 12.5 Å². The lowest BCUT2D eigenvalue weighted by Gasteiger charge is -2.31. The maximum absolute atomic E-state index is 12.2. The van der Waals surface area contributed by atoms with Crippen LogP contribution in [-0.2, 0) is 14.3 Å². The number of hydrogen-bond donors (Lipinski definition) is 0. The van der Waals surface area contributed by atoms with Gasteiger partial charge >= 0.3 is 5.97 Å². The number of methoxy groups -OCH3 is 1. The summed E-state index contributed by atoms with van der Waals surface area (Å²) < 4.78 is 13.6. The highest BCUT2D eigenvalue weighted by Gasteiger charge is 2.31. The first kappa shape index (κ1) is 12.9. The molecule has 1 fully saturated rings. The van der Waals surface area contributed by atoms with Crippen LogP contribution in [0.15, 0.2) is 0 Å². The molecule has 1 aliphatic heterocycles. The average Bonchev–Trinajstić information content (AvgIpc) is 2.83. The summed E-state index contributed by atoms with van der Waals surface area (Å²) in [6.45, 7) is 2.69. The molecule has 0 saturated carbocycles. The minimum absolute atomic E-state index is 0.167. The zero-order valence-corrected chi connectivity index (χ0v) is 10.9. The molecule has 1 amide bonds. The molecule has 0 aliphatic carbocycles. The van der Waals surface area contributed by atoms with Gasteiger partial charge in [-0.05, 0) is 18.5 Å². The van der Waals surface area contributed by atoms with Gasteiger partial charge in [-0.3, -0.25) is 4.79 Å². The fourth-order valence-corrected chi connectivity index (χ4v) is 2.30. The second-order valence-electron chi connectivity index (χ2n) is 3.82. The summed E-state index contributed by atoms with van der Waals surface area (Å²) in [5.74, 6) is -0.633. The quantitative estimate of drug-likeness (QED) is 0.696. The van der Waals surface area contributed by atoms with Gasteiger partial charge in [-0.2, -0.15) is 0 Å². The van der Waals surface area contributed by atoms with Crippen LogP contribution in [0.5, 0.6) is 0 Å². The Kier molecular flexibility index (Phi) is 3.87. The third-order valence-corrected chi connectivity index (χ3v) is 3.48. The van der Waals surface area contributed by atoms with E-state index in [9.17, 15) is 9.59 Å². The van der Waals surface area contributed by atoms with Crippen molar-refractivity contribution in [2.45, 2.75) is 13.0 Å². The highest BCUT2D eigenvalue weighted by atomic mass is 32.1. The first-order valence-corrected chi connectivity index (χ1v) is 6.18. The second kappa shape index (κ2) is 5.40. The van der Waals surface area contributed by atoms with Crippen molar-refractivity contribution in [3.8, 4) is 0 Å². The van der Waals surface area contributed by atoms with Gasteiger partial charge in [-0.1, -0.05) is 4.49 Å². The number of esters is 1. The number of amides is 1. The molecule has 0 aromatic carbocycles. The minimum Gasteiger partial charge on any atom is -0.467 e. The highest BCUT2D eigenvalue weighted by Crippen LogP contribution is 2.15. The molecule has 8 heteroatoms. The van der Waals surface area contributed by atoms with E-state index in [1.165, 1.54) is 7.11 Å². The van der Waals surface area contributed by atoms with E-state index in [4.69, 9.17) is 4.74 Å². The van der Waals surface area contributed by atoms with Crippen molar-refractivity contribution in [3.05, 3.63) is 10.6 Å². The normalized spacial score (nSPS) is 19.7. The van der Waals surface area contributed by atoms with Crippen LogP contribution < -0.4 is 0 Å². The summed E-state index contributed by atoms with van der Waals surface area (Å²) in [5, 5.41) is 3.80. The number of aryl methyl sites for hydroxylation is 1. The van der Waals surface area contributed by atoms with Gasteiger partial charge in [-0.25, -0.2) is 4.79 Å². The summed E-state index contributed by atoms with van der Waals surface area (Å²) in [6.07, 6.45) is -0.714. The van der Waals surface area contributed by atoms with Crippen molar-refractivity contribution in [2.24, 2.45) is 0 Å². The zero-order chi connectivity index (χ0) is 13.1. The van der Waals surface area contributed by atoms with E-state index >= 15 is 0 Å². The van der Waals surface area contributed by atoms with Crippen LogP contribution in [0.2, 0.25) is 0 Å². The van der Waals surface area contributed by atoms with Crippen LogP contribution in [0.25, 0.3) is 0 Å². The molecule has 1 atom stereocenters. The van der Waals surface area contributed by atoms with Crippen LogP contribution in [0.4, 0.5) is 0 Å². The molecule has 0 bridgehead atoms. The summed E-state index contributed by atoms with van der Waals surface area (Å²) >= 11 is 1.06. The Morgan fingerprint density at radius 1 is 1.56 bits per heavy atom. The fourth-order valence-electron chi connectivity index (χ4n) is 1.68. The standard InChI is InChI=1S/C10H13N3O4S/c1-6-8(18-12-11-6)9(14)13-3-4-17-7(5-13)10(15)16-2/h7H,3-5H2,1-2H3. The Hall–Kier alpha value is -1.54. The molecule has 7 nitrogen and oxygen atoms in total. The summed E-state index contributed by atoms with van der Waals surface area (Å²) in [7, 11) is 1.30. The lowest BCUT2D eigenvalue weighted by molar-refractivity contribution is -0.158. The van der Waals surface area contributed by atoms with Crippen LogP contribution in [0.1, 0.15) is 15.4 Å². The van der Waals surface area contributed by atoms with Crippen LogP contribution in [-0.4, -0.2) is 59.3 Å². The molecule has 1 aromatic heterocycles. The van der Waals surface area contributed by atoms with Crippen molar-refractivity contribution in [2.75, 3.05) is 26.8 Å². The Labute approximate surface area is 108 Å². The van der Waals surface area contributed by atoms with Gasteiger partial charge in [-0.15, -0.1) is 5.10 Å². The number of morpholine rings is 1. The average molecular weight is 271 g/mol. The third-order valence-electron chi connectivity index (χ3n) is 2.66. The number of hydrogen-bond acceptors (Lipinski definition) is 7. The highest BCUT2D eigenvalue weighted by molar-refractivity contribution is 7.07. The number of carbonyl (C=O) groups is 2. The van der Waals surface area contributed by atoms with Crippen molar-refractivity contribution in [1.82, 2.24) is 14.5 Å². The number of ether oxygens (including phenoxy) is 2. The van der Waals surface area contributed by atoms with E-state index in [1.807, 2.05) is 0 Å². The summed E-state index contributed by atoms with van der Waals surface area (Å²) in [4.78, 5) is 25.6. The van der Waals surface area contributed by atoms with E-state index in [0.29, 0.717) is 23.7 Å². The zero-order valence-electron chi connectivity index (χ0n) is 10.1. The van der Waals surface area contributed by atoms with E-state index in [0.717, 1.165) is 11.5 Å². The molecule has 1 aromatic rings. The van der Waals surface area contributed by atoms with E-state index in [1.54, 1.807) is 11.8 Å². The lowest BCUT2D eigenvalue weighted by Crippen LogP contribution is -2.48. The van der Waals surface area contributed by atoms with Gasteiger partial charge in [0.2, 0.25) is 0 Å². The lowest BCUT2D eigenvalue weighted by atomic mass is 10.2. The molecule has 18 heavy (non-hydrogen) atoms. The third kappa shape index (κ3) is 2.49. The maximum atomic E-state index is 12.2. The van der Waals surface area contributed by atoms with Crippen molar-refractivity contribution in [3.63, 3.8) is 0 Å². The minimum atomic E-state index is -0.714. The van der Waals surface area contributed by atoms with E-state index < -0.39 is 12.1 Å². The molecule has 1 unspecified atom stereocenters. The van der Waals surface area contributed by atoms with Gasteiger partial charge in [0.05, 0.1) is 26.0 Å². The van der Waals surface area contributed by atoms with Crippen molar-refractivity contribution < 1.29 is 19.1 Å². The Morgan fingerprint density at radius 2 is 2.33 bits per heavy atom. The molecule has 98 valence electrons. The molecular weight excluding hydrogens is 258 g/mol. The van der Waals surface area contributed by atoms with Crippen LogP contribution in [0, 0.1) is 6.92 Å². The number of rotatable bonds is 2. The fraction of sp³-hybridized carbons (Fsp3) is 0.600. The summed E-state index contributed by atoms with van der Waals surface area (Å²) in [5.41, 5.74) is 0.603. The molecule has 0 radical (unpaired) electrons. The monoisotopic (exact) mass is 271 g/mol. The smallest absolute Gasteiger partial charge is 0.336 e. The van der Waals surface area contributed by atoms with Crippen LogP contribution >= 0.6 is 11.5 Å². The number of nitrogens with zero attached hydrogens (tertiary/aromatic N) is 3. The number of carbonyl (C=O) groups excluding carboxylic acids is 2. The molecule has 0 N–H and O–H groups in total. The predicted molar refractivity (Wildman–Crippen MR) is 62.3 cm³/mol. The Bertz CT molecular complexity index is 462.